The number of ether oxygens (including phenoxy) is 2. The van der Waals surface area contributed by atoms with Gasteiger partial charge >= 0.3 is 0 Å². The molecule has 2 aliphatic rings. The van der Waals surface area contributed by atoms with Gasteiger partial charge in [-0.2, -0.15) is 0 Å². The molecule has 2 heterocycles. The van der Waals surface area contributed by atoms with E-state index < -0.39 is 0 Å². The van der Waals surface area contributed by atoms with E-state index in [9.17, 15) is 0 Å². The van der Waals surface area contributed by atoms with Crippen LogP contribution in [0.2, 0.25) is 0 Å². The third-order valence-electron chi connectivity index (χ3n) is 3.24. The highest BCUT2D eigenvalue weighted by Gasteiger charge is 2.37. The fraction of sp³-hybridized carbons (Fsp3) is 0.533. The first-order chi connectivity index (χ1) is 8.88. The first-order valence-corrected chi connectivity index (χ1v) is 6.76. The zero-order valence-corrected chi connectivity index (χ0v) is 11.2. The number of aromatic nitrogens is 1. The Bertz CT molecular complexity index is 394. The van der Waals surface area contributed by atoms with Crippen LogP contribution >= 0.6 is 0 Å². The van der Waals surface area contributed by atoms with Crippen molar-refractivity contribution in [2.24, 2.45) is 0 Å². The SMILES string of the molecule is C1=C(c2ccccn2)CCC2(C1)OCCO2.CC. The van der Waals surface area contributed by atoms with Gasteiger partial charge < -0.3 is 9.47 Å². The molecule has 0 bridgehead atoms. The Morgan fingerprint density at radius 2 is 1.94 bits per heavy atom. The van der Waals surface area contributed by atoms with Gasteiger partial charge in [-0.1, -0.05) is 26.0 Å². The fourth-order valence-electron chi connectivity index (χ4n) is 2.35. The van der Waals surface area contributed by atoms with Crippen LogP contribution in [0.4, 0.5) is 0 Å². The molecule has 1 saturated heterocycles. The molecule has 3 rings (SSSR count). The summed E-state index contributed by atoms with van der Waals surface area (Å²) in [6.45, 7) is 5.46. The van der Waals surface area contributed by atoms with E-state index in [1.165, 1.54) is 5.57 Å². The van der Waals surface area contributed by atoms with Gasteiger partial charge in [-0.15, -0.1) is 0 Å². The number of allylic oxidation sites excluding steroid dienone is 1. The van der Waals surface area contributed by atoms with Crippen molar-refractivity contribution in [3.63, 3.8) is 0 Å². The van der Waals surface area contributed by atoms with Crippen LogP contribution in [0.3, 0.4) is 0 Å². The van der Waals surface area contributed by atoms with E-state index in [0.29, 0.717) is 0 Å². The van der Waals surface area contributed by atoms with E-state index in [1.54, 1.807) is 0 Å². The molecule has 0 radical (unpaired) electrons. The van der Waals surface area contributed by atoms with E-state index in [4.69, 9.17) is 9.47 Å². The van der Waals surface area contributed by atoms with Crippen molar-refractivity contribution in [3.8, 4) is 0 Å². The van der Waals surface area contributed by atoms with Crippen molar-refractivity contribution in [3.05, 3.63) is 36.2 Å². The summed E-state index contributed by atoms with van der Waals surface area (Å²) in [6.07, 6.45) is 6.81. The summed E-state index contributed by atoms with van der Waals surface area (Å²) < 4.78 is 11.4. The van der Waals surface area contributed by atoms with Gasteiger partial charge in [0.15, 0.2) is 5.79 Å². The number of hydrogen-bond acceptors (Lipinski definition) is 3. The molecule has 1 fully saturated rings. The summed E-state index contributed by atoms with van der Waals surface area (Å²) in [5, 5.41) is 0. The molecule has 3 nitrogen and oxygen atoms in total. The fourth-order valence-corrected chi connectivity index (χ4v) is 2.35. The van der Waals surface area contributed by atoms with Crippen molar-refractivity contribution in [1.82, 2.24) is 4.98 Å². The quantitative estimate of drug-likeness (QED) is 0.762. The maximum Gasteiger partial charge on any atom is 0.172 e. The average Bonchev–Trinajstić information content (AvgIpc) is 2.91. The van der Waals surface area contributed by atoms with Crippen LogP contribution in [0.5, 0.6) is 0 Å². The molecule has 1 spiro atoms. The smallest absolute Gasteiger partial charge is 0.172 e. The van der Waals surface area contributed by atoms with Crippen LogP contribution in [0.15, 0.2) is 30.5 Å². The highest BCUT2D eigenvalue weighted by Crippen LogP contribution is 2.37. The van der Waals surface area contributed by atoms with Crippen LogP contribution in [0.25, 0.3) is 5.57 Å². The maximum atomic E-state index is 5.68. The maximum absolute atomic E-state index is 5.68. The molecule has 0 N–H and O–H groups in total. The van der Waals surface area contributed by atoms with Crippen molar-refractivity contribution in [2.75, 3.05) is 13.2 Å². The monoisotopic (exact) mass is 247 g/mol. The normalized spacial score (nSPS) is 21.1. The summed E-state index contributed by atoms with van der Waals surface area (Å²) in [5.41, 5.74) is 2.39. The Balaban J connectivity index is 0.000000574. The van der Waals surface area contributed by atoms with Gasteiger partial charge in [0, 0.05) is 19.0 Å². The molecule has 0 unspecified atom stereocenters. The average molecular weight is 247 g/mol. The van der Waals surface area contributed by atoms with Gasteiger partial charge in [0.05, 0.1) is 18.9 Å². The molecular weight excluding hydrogens is 226 g/mol. The van der Waals surface area contributed by atoms with Gasteiger partial charge in [-0.3, -0.25) is 4.98 Å². The number of rotatable bonds is 1. The van der Waals surface area contributed by atoms with E-state index in [1.807, 2.05) is 32.2 Å². The zero-order valence-electron chi connectivity index (χ0n) is 11.2. The Kier molecular flexibility index (Phi) is 4.50. The summed E-state index contributed by atoms with van der Waals surface area (Å²) in [4.78, 5) is 4.37. The molecule has 1 aliphatic carbocycles. The van der Waals surface area contributed by atoms with Gasteiger partial charge in [0.1, 0.15) is 0 Å². The Labute approximate surface area is 109 Å². The lowest BCUT2D eigenvalue weighted by Crippen LogP contribution is -2.31. The van der Waals surface area contributed by atoms with Gasteiger partial charge in [0.25, 0.3) is 0 Å². The van der Waals surface area contributed by atoms with E-state index in [0.717, 1.165) is 38.2 Å². The largest absolute Gasteiger partial charge is 0.347 e. The Morgan fingerprint density at radius 1 is 1.17 bits per heavy atom. The summed E-state index contributed by atoms with van der Waals surface area (Å²) in [5.74, 6) is -0.321. The molecule has 0 saturated carbocycles. The second-order valence-corrected chi connectivity index (χ2v) is 4.26. The lowest BCUT2D eigenvalue weighted by Gasteiger charge is -2.30. The van der Waals surface area contributed by atoms with Crippen LogP contribution < -0.4 is 0 Å². The topological polar surface area (TPSA) is 31.4 Å². The first-order valence-electron chi connectivity index (χ1n) is 6.76. The lowest BCUT2D eigenvalue weighted by molar-refractivity contribution is -0.159. The zero-order chi connectivity index (χ0) is 12.8. The second kappa shape index (κ2) is 6.12. The predicted octanol–water partition coefficient (Wildman–Crippen LogP) is 3.42. The molecule has 0 aromatic carbocycles. The van der Waals surface area contributed by atoms with Crippen molar-refractivity contribution in [1.29, 1.82) is 0 Å². The van der Waals surface area contributed by atoms with Crippen molar-refractivity contribution >= 4 is 5.57 Å². The molecule has 18 heavy (non-hydrogen) atoms. The lowest BCUT2D eigenvalue weighted by atomic mass is 9.92. The molecule has 0 atom stereocenters. The minimum Gasteiger partial charge on any atom is -0.347 e. The van der Waals surface area contributed by atoms with Gasteiger partial charge in [-0.05, 0) is 24.1 Å². The van der Waals surface area contributed by atoms with Crippen LogP contribution in [-0.2, 0) is 9.47 Å². The van der Waals surface area contributed by atoms with Crippen molar-refractivity contribution in [2.45, 2.75) is 38.9 Å². The van der Waals surface area contributed by atoms with Gasteiger partial charge in [0.2, 0.25) is 0 Å². The van der Waals surface area contributed by atoms with E-state index >= 15 is 0 Å². The molecule has 0 amide bonds. The Morgan fingerprint density at radius 3 is 2.50 bits per heavy atom. The minimum absolute atomic E-state index is 0.321. The summed E-state index contributed by atoms with van der Waals surface area (Å²) >= 11 is 0. The van der Waals surface area contributed by atoms with E-state index in [2.05, 4.69) is 17.1 Å². The molecule has 1 aromatic heterocycles. The number of hydrogen-bond donors (Lipinski definition) is 0. The third kappa shape index (κ3) is 2.79. The number of nitrogens with zero attached hydrogens (tertiary/aromatic N) is 1. The molecule has 3 heteroatoms. The minimum atomic E-state index is -0.321. The summed E-state index contributed by atoms with van der Waals surface area (Å²) in [7, 11) is 0. The third-order valence-corrected chi connectivity index (χ3v) is 3.24. The predicted molar refractivity (Wildman–Crippen MR) is 72.0 cm³/mol. The van der Waals surface area contributed by atoms with Crippen LogP contribution in [-0.4, -0.2) is 24.0 Å². The highest BCUT2D eigenvalue weighted by molar-refractivity contribution is 5.63. The van der Waals surface area contributed by atoms with Gasteiger partial charge in [-0.25, -0.2) is 0 Å². The molecular formula is C15H21NO2. The number of pyridine rings is 1. The summed E-state index contributed by atoms with van der Waals surface area (Å²) in [6, 6.07) is 6.02. The Hall–Kier alpha value is -1.19. The first kappa shape index (κ1) is 13.2. The van der Waals surface area contributed by atoms with Crippen molar-refractivity contribution < 1.29 is 9.47 Å². The standard InChI is InChI=1S/C13H15NO2.C2H6/c1-2-8-14-12(3-1)11-4-6-13(7-5-11)15-9-10-16-13;1-2/h1-4,8H,5-7,9-10H2;1-2H3. The van der Waals surface area contributed by atoms with E-state index in [-0.39, 0.29) is 5.79 Å². The second-order valence-electron chi connectivity index (χ2n) is 4.26. The molecule has 1 aromatic rings. The molecule has 98 valence electrons. The van der Waals surface area contributed by atoms with Crippen LogP contribution in [0.1, 0.15) is 38.8 Å². The highest BCUT2D eigenvalue weighted by atomic mass is 16.7. The molecule has 1 aliphatic heterocycles. The van der Waals surface area contributed by atoms with Crippen LogP contribution in [0, 0.1) is 0 Å².